The van der Waals surface area contributed by atoms with Crippen LogP contribution in [0.4, 0.5) is 11.6 Å². The standard InChI is InChI=1S/C16H17N3O2/c1-3-21-15(20)13-10-17-16(18-11(13)2)19-9-8-12-6-4-5-7-14(12)19/h4-7,10H,3,8-9H2,1-2H3. The maximum Gasteiger partial charge on any atom is 0.341 e. The van der Waals surface area contributed by atoms with Crippen LogP contribution < -0.4 is 4.90 Å². The highest BCUT2D eigenvalue weighted by molar-refractivity contribution is 5.90. The number of fused-ring (bicyclic) bond motifs is 1. The van der Waals surface area contributed by atoms with Gasteiger partial charge in [-0.1, -0.05) is 18.2 Å². The van der Waals surface area contributed by atoms with Crippen molar-refractivity contribution in [2.45, 2.75) is 20.3 Å². The van der Waals surface area contributed by atoms with Crippen molar-refractivity contribution in [2.24, 2.45) is 0 Å². The average Bonchev–Trinajstić information content (AvgIpc) is 2.91. The number of aromatic nitrogens is 2. The second-order valence-corrected chi connectivity index (χ2v) is 4.92. The van der Waals surface area contributed by atoms with Gasteiger partial charge in [0.15, 0.2) is 0 Å². The van der Waals surface area contributed by atoms with Gasteiger partial charge in [-0.25, -0.2) is 14.8 Å². The van der Waals surface area contributed by atoms with Gasteiger partial charge in [-0.15, -0.1) is 0 Å². The Morgan fingerprint density at radius 2 is 2.19 bits per heavy atom. The molecule has 0 atom stereocenters. The molecule has 1 aliphatic rings. The van der Waals surface area contributed by atoms with Gasteiger partial charge in [-0.2, -0.15) is 0 Å². The van der Waals surface area contributed by atoms with Gasteiger partial charge in [0.2, 0.25) is 5.95 Å². The Morgan fingerprint density at radius 3 is 2.95 bits per heavy atom. The van der Waals surface area contributed by atoms with E-state index >= 15 is 0 Å². The van der Waals surface area contributed by atoms with Crippen molar-refractivity contribution in [2.75, 3.05) is 18.1 Å². The Balaban J connectivity index is 1.92. The van der Waals surface area contributed by atoms with Gasteiger partial charge in [0, 0.05) is 18.4 Å². The molecule has 1 aromatic carbocycles. The first-order valence-corrected chi connectivity index (χ1v) is 7.07. The van der Waals surface area contributed by atoms with Crippen molar-refractivity contribution in [3.8, 4) is 0 Å². The monoisotopic (exact) mass is 283 g/mol. The van der Waals surface area contributed by atoms with Crippen LogP contribution >= 0.6 is 0 Å². The van der Waals surface area contributed by atoms with Crippen LogP contribution in [0.1, 0.15) is 28.5 Å². The molecule has 0 bridgehead atoms. The summed E-state index contributed by atoms with van der Waals surface area (Å²) < 4.78 is 5.00. The Kier molecular flexibility index (Phi) is 3.56. The van der Waals surface area contributed by atoms with Crippen molar-refractivity contribution in [1.82, 2.24) is 9.97 Å². The van der Waals surface area contributed by atoms with Crippen LogP contribution in [-0.2, 0) is 11.2 Å². The first kappa shape index (κ1) is 13.5. The Labute approximate surface area is 123 Å². The number of aryl methyl sites for hydroxylation is 1. The highest BCUT2D eigenvalue weighted by Crippen LogP contribution is 2.32. The van der Waals surface area contributed by atoms with E-state index in [0.717, 1.165) is 18.7 Å². The smallest absolute Gasteiger partial charge is 0.341 e. The quantitative estimate of drug-likeness (QED) is 0.811. The lowest BCUT2D eigenvalue weighted by atomic mass is 10.2. The van der Waals surface area contributed by atoms with Gasteiger partial charge in [-0.05, 0) is 31.9 Å². The molecule has 2 heterocycles. The zero-order chi connectivity index (χ0) is 14.8. The van der Waals surface area contributed by atoms with Crippen LogP contribution in [0.2, 0.25) is 0 Å². The molecule has 1 aromatic heterocycles. The fourth-order valence-corrected chi connectivity index (χ4v) is 2.54. The summed E-state index contributed by atoms with van der Waals surface area (Å²) in [6, 6.07) is 8.24. The number of rotatable bonds is 3. The van der Waals surface area contributed by atoms with Gasteiger partial charge in [0.1, 0.15) is 0 Å². The molecule has 0 saturated heterocycles. The maximum atomic E-state index is 11.8. The summed E-state index contributed by atoms with van der Waals surface area (Å²) in [6.07, 6.45) is 2.54. The molecule has 2 aromatic rings. The summed E-state index contributed by atoms with van der Waals surface area (Å²) >= 11 is 0. The van der Waals surface area contributed by atoms with Crippen LogP contribution in [0.15, 0.2) is 30.5 Å². The van der Waals surface area contributed by atoms with E-state index in [2.05, 4.69) is 27.0 Å². The summed E-state index contributed by atoms with van der Waals surface area (Å²) in [7, 11) is 0. The largest absolute Gasteiger partial charge is 0.462 e. The molecular weight excluding hydrogens is 266 g/mol. The van der Waals surface area contributed by atoms with Crippen molar-refractivity contribution < 1.29 is 9.53 Å². The van der Waals surface area contributed by atoms with Crippen LogP contribution in [-0.4, -0.2) is 29.1 Å². The number of carbonyl (C=O) groups excluding carboxylic acids is 1. The molecule has 0 saturated carbocycles. The second-order valence-electron chi connectivity index (χ2n) is 4.92. The first-order valence-electron chi connectivity index (χ1n) is 7.07. The molecule has 0 fully saturated rings. The van der Waals surface area contributed by atoms with E-state index in [1.54, 1.807) is 20.0 Å². The second kappa shape index (κ2) is 5.52. The molecule has 0 amide bonds. The molecule has 0 unspecified atom stereocenters. The van der Waals surface area contributed by atoms with Crippen LogP contribution in [0.3, 0.4) is 0 Å². The average molecular weight is 283 g/mol. The number of anilines is 2. The summed E-state index contributed by atoms with van der Waals surface area (Å²) in [6.45, 7) is 4.79. The Hall–Kier alpha value is -2.43. The molecule has 108 valence electrons. The molecule has 5 heteroatoms. The molecule has 0 spiro atoms. The molecule has 1 aliphatic heterocycles. The van der Waals surface area contributed by atoms with Crippen LogP contribution in [0.5, 0.6) is 0 Å². The van der Waals surface area contributed by atoms with E-state index in [4.69, 9.17) is 4.74 Å². The van der Waals surface area contributed by atoms with Gasteiger partial charge < -0.3 is 9.64 Å². The van der Waals surface area contributed by atoms with Gasteiger partial charge >= 0.3 is 5.97 Å². The third-order valence-corrected chi connectivity index (χ3v) is 3.59. The zero-order valence-electron chi connectivity index (χ0n) is 12.2. The number of nitrogens with zero attached hydrogens (tertiary/aromatic N) is 3. The summed E-state index contributed by atoms with van der Waals surface area (Å²) in [5, 5.41) is 0. The highest BCUT2D eigenvalue weighted by Gasteiger charge is 2.23. The molecule has 5 nitrogen and oxygen atoms in total. The Bertz CT molecular complexity index is 685. The van der Waals surface area contributed by atoms with E-state index in [-0.39, 0.29) is 5.97 Å². The maximum absolute atomic E-state index is 11.8. The van der Waals surface area contributed by atoms with E-state index < -0.39 is 0 Å². The van der Waals surface area contributed by atoms with Crippen LogP contribution in [0, 0.1) is 6.92 Å². The number of esters is 1. The van der Waals surface area contributed by atoms with E-state index in [0.29, 0.717) is 23.8 Å². The zero-order valence-corrected chi connectivity index (χ0v) is 12.2. The van der Waals surface area contributed by atoms with Crippen molar-refractivity contribution in [1.29, 1.82) is 0 Å². The minimum Gasteiger partial charge on any atom is -0.462 e. The van der Waals surface area contributed by atoms with Crippen molar-refractivity contribution in [3.63, 3.8) is 0 Å². The normalized spacial score (nSPS) is 13.1. The fourth-order valence-electron chi connectivity index (χ4n) is 2.54. The predicted molar refractivity (Wildman–Crippen MR) is 79.9 cm³/mol. The molecule has 0 radical (unpaired) electrons. The number of hydrogen-bond acceptors (Lipinski definition) is 5. The molecule has 21 heavy (non-hydrogen) atoms. The summed E-state index contributed by atoms with van der Waals surface area (Å²) in [5.74, 6) is 0.258. The predicted octanol–water partition coefficient (Wildman–Crippen LogP) is 2.66. The van der Waals surface area contributed by atoms with E-state index in [9.17, 15) is 4.79 Å². The number of ether oxygens (including phenoxy) is 1. The topological polar surface area (TPSA) is 55.3 Å². The lowest BCUT2D eigenvalue weighted by molar-refractivity contribution is 0.0524. The Morgan fingerprint density at radius 1 is 1.38 bits per heavy atom. The molecular formula is C16H17N3O2. The number of benzene rings is 1. The lowest BCUT2D eigenvalue weighted by Gasteiger charge is -2.17. The molecule has 0 N–H and O–H groups in total. The lowest BCUT2D eigenvalue weighted by Crippen LogP contribution is -2.18. The minimum absolute atomic E-state index is 0.347. The highest BCUT2D eigenvalue weighted by atomic mass is 16.5. The molecule has 0 aliphatic carbocycles. The summed E-state index contributed by atoms with van der Waals surface area (Å²) in [5.41, 5.74) is 3.50. The molecule has 3 rings (SSSR count). The van der Waals surface area contributed by atoms with Gasteiger partial charge in [0.05, 0.1) is 17.9 Å². The van der Waals surface area contributed by atoms with Gasteiger partial charge in [-0.3, -0.25) is 0 Å². The van der Waals surface area contributed by atoms with Crippen LogP contribution in [0.25, 0.3) is 0 Å². The van der Waals surface area contributed by atoms with Gasteiger partial charge in [0.25, 0.3) is 0 Å². The first-order chi connectivity index (χ1) is 10.2. The summed E-state index contributed by atoms with van der Waals surface area (Å²) in [4.78, 5) is 22.7. The van der Waals surface area contributed by atoms with Crippen molar-refractivity contribution >= 4 is 17.6 Å². The fraction of sp³-hybridized carbons (Fsp3) is 0.312. The SMILES string of the molecule is CCOC(=O)c1cnc(N2CCc3ccccc32)nc1C. The van der Waals surface area contributed by atoms with Crippen molar-refractivity contribution in [3.05, 3.63) is 47.3 Å². The number of hydrogen-bond donors (Lipinski definition) is 0. The number of para-hydroxylation sites is 1. The third kappa shape index (κ3) is 2.46. The number of carbonyl (C=O) groups is 1. The minimum atomic E-state index is -0.372. The third-order valence-electron chi connectivity index (χ3n) is 3.59. The van der Waals surface area contributed by atoms with E-state index in [1.165, 1.54) is 5.56 Å². The van der Waals surface area contributed by atoms with E-state index in [1.807, 2.05) is 12.1 Å².